The van der Waals surface area contributed by atoms with Crippen LogP contribution < -0.4 is 4.74 Å². The molecule has 0 fully saturated rings. The molecule has 0 bridgehead atoms. The van der Waals surface area contributed by atoms with Gasteiger partial charge in [0, 0.05) is 16.9 Å². The summed E-state index contributed by atoms with van der Waals surface area (Å²) in [6.45, 7) is 0. The van der Waals surface area contributed by atoms with Crippen LogP contribution in [0.1, 0.15) is 0 Å². The van der Waals surface area contributed by atoms with Gasteiger partial charge in [0.05, 0.1) is 11.6 Å². The van der Waals surface area contributed by atoms with Crippen molar-refractivity contribution in [3.63, 3.8) is 0 Å². The second-order valence-corrected chi connectivity index (χ2v) is 5.26. The van der Waals surface area contributed by atoms with Gasteiger partial charge in [0.15, 0.2) is 0 Å². The molecule has 0 aliphatic heterocycles. The summed E-state index contributed by atoms with van der Waals surface area (Å²) in [7, 11) is 2.47. The highest BCUT2D eigenvalue weighted by atomic mass is 79.9. The van der Waals surface area contributed by atoms with Crippen LogP contribution in [0.5, 0.6) is 5.88 Å². The van der Waals surface area contributed by atoms with Crippen LogP contribution in [0.4, 0.5) is 0 Å². The van der Waals surface area contributed by atoms with E-state index in [9.17, 15) is 8.42 Å². The van der Waals surface area contributed by atoms with Crippen molar-refractivity contribution in [3.05, 3.63) is 10.7 Å². The largest absolute Gasteiger partial charge is 0.480 e. The smallest absolute Gasteiger partial charge is 0.296 e. The molecule has 0 aliphatic carbocycles. The summed E-state index contributed by atoms with van der Waals surface area (Å²) in [5.74, 6) is 0.120. The Kier molecular flexibility index (Phi) is 3.09. The van der Waals surface area contributed by atoms with Gasteiger partial charge in [-0.2, -0.15) is 4.98 Å². The van der Waals surface area contributed by atoms with Crippen molar-refractivity contribution in [1.29, 1.82) is 0 Å². The van der Waals surface area contributed by atoms with E-state index in [1.807, 2.05) is 0 Å². The lowest BCUT2D eigenvalue weighted by molar-refractivity contribution is 0.388. The van der Waals surface area contributed by atoms with Gasteiger partial charge in [-0.25, -0.2) is 13.4 Å². The Bertz CT molecular complexity index is 422. The lowest BCUT2D eigenvalue weighted by atomic mass is 10.6. The predicted molar refractivity (Wildman–Crippen MR) is 49.3 cm³/mol. The van der Waals surface area contributed by atoms with E-state index in [0.717, 1.165) is 0 Å². The molecule has 0 amide bonds. The molecule has 72 valence electrons. The quantitative estimate of drug-likeness (QED) is 0.603. The van der Waals surface area contributed by atoms with Crippen molar-refractivity contribution in [2.24, 2.45) is 0 Å². The van der Waals surface area contributed by atoms with Gasteiger partial charge in [0.1, 0.15) is 0 Å². The van der Waals surface area contributed by atoms with Crippen molar-refractivity contribution in [1.82, 2.24) is 9.97 Å². The summed E-state index contributed by atoms with van der Waals surface area (Å²) in [6, 6.07) is 0. The Morgan fingerprint density at radius 2 is 2.23 bits per heavy atom. The molecule has 0 N–H and O–H groups in total. The highest BCUT2D eigenvalue weighted by Gasteiger charge is 2.16. The molecular formula is C5H4BrClN2O3S. The van der Waals surface area contributed by atoms with Crippen LogP contribution in [-0.2, 0) is 9.05 Å². The molecule has 0 aliphatic rings. The van der Waals surface area contributed by atoms with Crippen LogP contribution in [0, 0.1) is 0 Å². The molecule has 1 aromatic rings. The van der Waals surface area contributed by atoms with Crippen LogP contribution in [0.15, 0.2) is 15.8 Å². The Hall–Kier alpha value is -0.400. The topological polar surface area (TPSA) is 69.2 Å². The van der Waals surface area contributed by atoms with E-state index in [1.54, 1.807) is 0 Å². The number of aromatic nitrogens is 2. The van der Waals surface area contributed by atoms with E-state index >= 15 is 0 Å². The van der Waals surface area contributed by atoms with Crippen LogP contribution >= 0.6 is 26.6 Å². The molecule has 5 nitrogen and oxygen atoms in total. The Morgan fingerprint density at radius 3 is 2.69 bits per heavy atom. The second-order valence-electron chi connectivity index (χ2n) is 1.95. The van der Waals surface area contributed by atoms with Gasteiger partial charge in [0.25, 0.3) is 14.2 Å². The first-order chi connectivity index (χ1) is 5.95. The SMILES string of the molecule is COc1nc(S(=O)(=O)Cl)ncc1Br. The lowest BCUT2D eigenvalue weighted by Crippen LogP contribution is -2.01. The van der Waals surface area contributed by atoms with Crippen LogP contribution in [-0.4, -0.2) is 25.5 Å². The molecule has 0 unspecified atom stereocenters. The lowest BCUT2D eigenvalue weighted by Gasteiger charge is -2.01. The van der Waals surface area contributed by atoms with Crippen molar-refractivity contribution in [2.75, 3.05) is 7.11 Å². The fourth-order valence-electron chi connectivity index (χ4n) is 0.597. The third-order valence-corrected chi connectivity index (χ3v) is 2.69. The molecule has 13 heavy (non-hydrogen) atoms. The molecule has 0 radical (unpaired) electrons. The Labute approximate surface area is 87.6 Å². The average molecular weight is 288 g/mol. The van der Waals surface area contributed by atoms with E-state index in [0.29, 0.717) is 4.47 Å². The maximum absolute atomic E-state index is 10.8. The zero-order valence-electron chi connectivity index (χ0n) is 6.36. The summed E-state index contributed by atoms with van der Waals surface area (Å²) in [4.78, 5) is 7.06. The van der Waals surface area contributed by atoms with Crippen molar-refractivity contribution < 1.29 is 13.2 Å². The average Bonchev–Trinajstić information content (AvgIpc) is 2.03. The maximum Gasteiger partial charge on any atom is 0.296 e. The van der Waals surface area contributed by atoms with E-state index in [2.05, 4.69) is 25.9 Å². The number of rotatable bonds is 2. The number of hydrogen-bond acceptors (Lipinski definition) is 5. The maximum atomic E-state index is 10.8. The van der Waals surface area contributed by atoms with Gasteiger partial charge < -0.3 is 4.74 Å². The number of halogens is 2. The highest BCUT2D eigenvalue weighted by molar-refractivity contribution is 9.10. The summed E-state index contributed by atoms with van der Waals surface area (Å²) < 4.78 is 26.8. The van der Waals surface area contributed by atoms with Crippen molar-refractivity contribution in [3.8, 4) is 5.88 Å². The molecule has 0 saturated carbocycles. The van der Waals surface area contributed by atoms with E-state index in [1.165, 1.54) is 13.3 Å². The van der Waals surface area contributed by atoms with Gasteiger partial charge in [-0.1, -0.05) is 0 Å². The number of nitrogens with zero attached hydrogens (tertiary/aromatic N) is 2. The molecule has 1 aromatic heterocycles. The third kappa shape index (κ3) is 2.52. The zero-order valence-corrected chi connectivity index (χ0v) is 9.52. The third-order valence-electron chi connectivity index (χ3n) is 1.10. The van der Waals surface area contributed by atoms with Crippen molar-refractivity contribution in [2.45, 2.75) is 5.16 Å². The molecule has 1 heterocycles. The molecule has 0 aromatic carbocycles. The highest BCUT2D eigenvalue weighted by Crippen LogP contribution is 2.22. The van der Waals surface area contributed by atoms with Gasteiger partial charge in [0.2, 0.25) is 5.88 Å². The second kappa shape index (κ2) is 3.77. The van der Waals surface area contributed by atoms with Crippen LogP contribution in [0.2, 0.25) is 0 Å². The molecule has 8 heteroatoms. The van der Waals surface area contributed by atoms with E-state index in [4.69, 9.17) is 15.4 Å². The van der Waals surface area contributed by atoms with Crippen LogP contribution in [0.3, 0.4) is 0 Å². The number of methoxy groups -OCH3 is 1. The summed E-state index contributed by atoms with van der Waals surface area (Å²) in [5, 5.41) is -0.478. The first-order valence-electron chi connectivity index (χ1n) is 2.96. The van der Waals surface area contributed by atoms with Crippen molar-refractivity contribution >= 4 is 35.7 Å². The fraction of sp³-hybridized carbons (Fsp3) is 0.200. The monoisotopic (exact) mass is 286 g/mol. The molecule has 1 rings (SSSR count). The molecule has 0 atom stereocenters. The summed E-state index contributed by atoms with van der Waals surface area (Å²) >= 11 is 3.07. The Balaban J connectivity index is 3.30. The molecule has 0 saturated heterocycles. The minimum atomic E-state index is -3.90. The normalized spacial score (nSPS) is 11.3. The molecular weight excluding hydrogens is 283 g/mol. The first kappa shape index (κ1) is 10.7. The summed E-state index contributed by atoms with van der Waals surface area (Å²) in [5.41, 5.74) is 0. The van der Waals surface area contributed by atoms with Gasteiger partial charge in [-0.3, -0.25) is 0 Å². The molecule has 0 spiro atoms. The Morgan fingerprint density at radius 1 is 1.62 bits per heavy atom. The number of ether oxygens (including phenoxy) is 1. The van der Waals surface area contributed by atoms with E-state index < -0.39 is 14.2 Å². The number of hydrogen-bond donors (Lipinski definition) is 0. The summed E-state index contributed by atoms with van der Waals surface area (Å²) in [6.07, 6.45) is 1.25. The fourth-order valence-corrected chi connectivity index (χ4v) is 1.54. The van der Waals surface area contributed by atoms with Gasteiger partial charge in [-0.05, 0) is 15.9 Å². The van der Waals surface area contributed by atoms with Gasteiger partial charge in [-0.15, -0.1) is 0 Å². The zero-order chi connectivity index (χ0) is 10.1. The van der Waals surface area contributed by atoms with Crippen LogP contribution in [0.25, 0.3) is 0 Å². The van der Waals surface area contributed by atoms with Gasteiger partial charge >= 0.3 is 0 Å². The minimum absolute atomic E-state index is 0.120. The standard InChI is InChI=1S/C5H4BrClN2O3S/c1-12-4-3(6)2-8-5(9-4)13(7,10)11/h2H,1H3. The predicted octanol–water partition coefficient (Wildman–Crippen LogP) is 1.18. The van der Waals surface area contributed by atoms with E-state index in [-0.39, 0.29) is 5.88 Å². The minimum Gasteiger partial charge on any atom is -0.480 e. The first-order valence-corrected chi connectivity index (χ1v) is 6.06.